The average molecular weight is 331 g/mol. The van der Waals surface area contributed by atoms with E-state index in [0.29, 0.717) is 31.6 Å². The summed E-state index contributed by atoms with van der Waals surface area (Å²) in [6.07, 6.45) is 3.44. The van der Waals surface area contributed by atoms with Crippen LogP contribution in [0.1, 0.15) is 43.0 Å². The van der Waals surface area contributed by atoms with Crippen LogP contribution in [0.25, 0.3) is 0 Å². The fraction of sp³-hybridized carbons (Fsp3) is 0.579. The summed E-state index contributed by atoms with van der Waals surface area (Å²) in [7, 11) is 3.94. The standard InChI is InChI=1S/C19H29N3O2/c1-4-5-10-18(23)21-11-7-12-22(14-13-21)19(24)16-8-6-9-17(15-16)20(2)3/h6,8-9,15H,4-5,7,10-14H2,1-3H3. The number of nitrogens with zero attached hydrogens (tertiary/aromatic N) is 3. The molecule has 5 nitrogen and oxygen atoms in total. The molecule has 24 heavy (non-hydrogen) atoms. The Kier molecular flexibility index (Phi) is 6.64. The van der Waals surface area contributed by atoms with Crippen LogP contribution in [0.2, 0.25) is 0 Å². The van der Waals surface area contributed by atoms with Crippen LogP contribution in [0, 0.1) is 0 Å². The molecule has 0 radical (unpaired) electrons. The molecule has 2 amide bonds. The second-order valence-electron chi connectivity index (χ2n) is 6.57. The summed E-state index contributed by atoms with van der Waals surface area (Å²) in [5, 5.41) is 0. The Bertz CT molecular complexity index is 571. The van der Waals surface area contributed by atoms with E-state index in [1.54, 1.807) is 0 Å². The molecule has 1 aliphatic heterocycles. The van der Waals surface area contributed by atoms with Gasteiger partial charge in [-0.2, -0.15) is 0 Å². The maximum absolute atomic E-state index is 12.8. The Morgan fingerprint density at radius 1 is 1.08 bits per heavy atom. The molecule has 0 N–H and O–H groups in total. The fourth-order valence-electron chi connectivity index (χ4n) is 2.96. The van der Waals surface area contributed by atoms with Crippen molar-refractivity contribution in [3.8, 4) is 0 Å². The van der Waals surface area contributed by atoms with Crippen LogP contribution in [0.15, 0.2) is 24.3 Å². The van der Waals surface area contributed by atoms with E-state index in [4.69, 9.17) is 0 Å². The maximum atomic E-state index is 12.8. The summed E-state index contributed by atoms with van der Waals surface area (Å²) < 4.78 is 0. The second-order valence-corrected chi connectivity index (χ2v) is 6.57. The number of rotatable bonds is 5. The van der Waals surface area contributed by atoms with Crippen molar-refractivity contribution >= 4 is 17.5 Å². The Morgan fingerprint density at radius 3 is 2.50 bits per heavy atom. The van der Waals surface area contributed by atoms with E-state index in [1.807, 2.05) is 53.1 Å². The SMILES string of the molecule is CCCCC(=O)N1CCCN(C(=O)c2cccc(N(C)C)c2)CC1. The minimum atomic E-state index is 0.0570. The van der Waals surface area contributed by atoms with E-state index in [2.05, 4.69) is 6.92 Å². The predicted octanol–water partition coefficient (Wildman–Crippen LogP) is 2.62. The summed E-state index contributed by atoms with van der Waals surface area (Å²) in [5.41, 5.74) is 1.74. The van der Waals surface area contributed by atoms with E-state index in [9.17, 15) is 9.59 Å². The largest absolute Gasteiger partial charge is 0.378 e. The van der Waals surface area contributed by atoms with Gasteiger partial charge in [0.25, 0.3) is 5.91 Å². The first-order chi connectivity index (χ1) is 11.5. The number of carbonyl (C=O) groups excluding carboxylic acids is 2. The lowest BCUT2D eigenvalue weighted by molar-refractivity contribution is -0.131. The van der Waals surface area contributed by atoms with Crippen LogP contribution in [0.4, 0.5) is 5.69 Å². The van der Waals surface area contributed by atoms with Gasteiger partial charge in [0.1, 0.15) is 0 Å². The first kappa shape index (κ1) is 18.3. The van der Waals surface area contributed by atoms with Gasteiger partial charge in [-0.1, -0.05) is 19.4 Å². The van der Waals surface area contributed by atoms with E-state index >= 15 is 0 Å². The van der Waals surface area contributed by atoms with E-state index in [1.165, 1.54) is 0 Å². The monoisotopic (exact) mass is 331 g/mol. The van der Waals surface area contributed by atoms with Crippen LogP contribution >= 0.6 is 0 Å². The molecule has 0 spiro atoms. The highest BCUT2D eigenvalue weighted by molar-refractivity contribution is 5.95. The molecule has 0 atom stereocenters. The average Bonchev–Trinajstić information content (AvgIpc) is 2.85. The molecule has 0 aromatic heterocycles. The van der Waals surface area contributed by atoms with Gasteiger partial charge in [-0.25, -0.2) is 0 Å². The summed E-state index contributed by atoms with van der Waals surface area (Å²) >= 11 is 0. The Labute approximate surface area is 145 Å². The molecular weight excluding hydrogens is 302 g/mol. The molecule has 0 aliphatic carbocycles. The lowest BCUT2D eigenvalue weighted by Crippen LogP contribution is -2.37. The summed E-state index contributed by atoms with van der Waals surface area (Å²) in [6, 6.07) is 7.70. The first-order valence-electron chi connectivity index (χ1n) is 8.87. The minimum Gasteiger partial charge on any atom is -0.378 e. The summed E-state index contributed by atoms with van der Waals surface area (Å²) in [5.74, 6) is 0.280. The van der Waals surface area contributed by atoms with Crippen molar-refractivity contribution in [2.24, 2.45) is 0 Å². The van der Waals surface area contributed by atoms with Crippen molar-refractivity contribution in [3.05, 3.63) is 29.8 Å². The lowest BCUT2D eigenvalue weighted by atomic mass is 10.1. The third kappa shape index (κ3) is 4.73. The molecule has 1 aliphatic rings. The topological polar surface area (TPSA) is 43.9 Å². The number of unbranched alkanes of at least 4 members (excludes halogenated alkanes) is 1. The minimum absolute atomic E-state index is 0.0570. The van der Waals surface area contributed by atoms with E-state index < -0.39 is 0 Å². The number of hydrogen-bond acceptors (Lipinski definition) is 3. The highest BCUT2D eigenvalue weighted by Crippen LogP contribution is 2.16. The molecule has 1 aromatic rings. The highest BCUT2D eigenvalue weighted by Gasteiger charge is 2.22. The normalized spacial score (nSPS) is 15.1. The number of amides is 2. The van der Waals surface area contributed by atoms with Crippen LogP contribution in [0.3, 0.4) is 0 Å². The quantitative estimate of drug-likeness (QED) is 0.833. The van der Waals surface area contributed by atoms with Gasteiger partial charge in [0.05, 0.1) is 0 Å². The predicted molar refractivity (Wildman–Crippen MR) is 97.4 cm³/mol. The van der Waals surface area contributed by atoms with Gasteiger partial charge in [-0.15, -0.1) is 0 Å². The van der Waals surface area contributed by atoms with Crippen molar-refractivity contribution in [2.75, 3.05) is 45.2 Å². The molecule has 0 unspecified atom stereocenters. The van der Waals surface area contributed by atoms with E-state index in [0.717, 1.165) is 31.5 Å². The summed E-state index contributed by atoms with van der Waals surface area (Å²) in [6.45, 7) is 4.81. The first-order valence-corrected chi connectivity index (χ1v) is 8.87. The molecule has 2 rings (SSSR count). The molecule has 0 bridgehead atoms. The molecule has 1 fully saturated rings. The lowest BCUT2D eigenvalue weighted by Gasteiger charge is -2.23. The van der Waals surface area contributed by atoms with Crippen LogP contribution in [-0.4, -0.2) is 61.9 Å². The number of hydrogen-bond donors (Lipinski definition) is 0. The summed E-state index contributed by atoms with van der Waals surface area (Å²) in [4.78, 5) is 30.8. The van der Waals surface area contributed by atoms with Crippen molar-refractivity contribution in [1.29, 1.82) is 0 Å². The Morgan fingerprint density at radius 2 is 1.79 bits per heavy atom. The van der Waals surface area contributed by atoms with Crippen molar-refractivity contribution in [1.82, 2.24) is 9.80 Å². The highest BCUT2D eigenvalue weighted by atomic mass is 16.2. The molecule has 5 heteroatoms. The van der Waals surface area contributed by atoms with E-state index in [-0.39, 0.29) is 11.8 Å². The fourth-order valence-corrected chi connectivity index (χ4v) is 2.96. The van der Waals surface area contributed by atoms with Crippen LogP contribution in [0.5, 0.6) is 0 Å². The number of benzene rings is 1. The van der Waals surface area contributed by atoms with Gasteiger partial charge in [0.2, 0.25) is 5.91 Å². The smallest absolute Gasteiger partial charge is 0.253 e. The molecule has 1 aromatic carbocycles. The van der Waals surface area contributed by atoms with Crippen molar-refractivity contribution < 1.29 is 9.59 Å². The third-order valence-corrected chi connectivity index (χ3v) is 4.49. The van der Waals surface area contributed by atoms with Crippen molar-refractivity contribution in [2.45, 2.75) is 32.6 Å². The van der Waals surface area contributed by atoms with Gasteiger partial charge >= 0.3 is 0 Å². The third-order valence-electron chi connectivity index (χ3n) is 4.49. The molecule has 1 heterocycles. The van der Waals surface area contributed by atoms with Gasteiger partial charge in [-0.3, -0.25) is 9.59 Å². The zero-order chi connectivity index (χ0) is 17.5. The van der Waals surface area contributed by atoms with Gasteiger partial charge in [0, 0.05) is 57.9 Å². The molecule has 132 valence electrons. The van der Waals surface area contributed by atoms with Gasteiger partial charge < -0.3 is 14.7 Å². The maximum Gasteiger partial charge on any atom is 0.253 e. The van der Waals surface area contributed by atoms with Gasteiger partial charge in [0.15, 0.2) is 0 Å². The molecular formula is C19H29N3O2. The number of carbonyl (C=O) groups is 2. The zero-order valence-electron chi connectivity index (χ0n) is 15.1. The molecule has 1 saturated heterocycles. The number of anilines is 1. The van der Waals surface area contributed by atoms with Crippen molar-refractivity contribution in [3.63, 3.8) is 0 Å². The Hall–Kier alpha value is -2.04. The second kappa shape index (κ2) is 8.71. The van der Waals surface area contributed by atoms with Crippen LogP contribution < -0.4 is 4.90 Å². The van der Waals surface area contributed by atoms with Crippen LogP contribution in [-0.2, 0) is 4.79 Å². The van der Waals surface area contributed by atoms with Gasteiger partial charge in [-0.05, 0) is 31.0 Å². The molecule has 0 saturated carbocycles. The zero-order valence-corrected chi connectivity index (χ0v) is 15.1. The Balaban J connectivity index is 1.99.